The largest absolute Gasteiger partial charge is 0.496 e. The van der Waals surface area contributed by atoms with Crippen molar-refractivity contribution in [2.75, 3.05) is 21.2 Å². The highest BCUT2D eigenvalue weighted by atomic mass is 19.1. The van der Waals surface area contributed by atoms with E-state index >= 15 is 0 Å². The standard InChI is InChI=1S/C24H20FN3O2/c1-28(2)14-27-24-20(13-26)22(15-8-10-16(25)11-9-15)19-12-21(29-3)17-6-4-5-7-18(17)23(19)30-24/h4-12,14,22H,1-3H3/b27-14+/t22-/m0/s1. The Morgan fingerprint density at radius 2 is 1.83 bits per heavy atom. The minimum atomic E-state index is -0.466. The maximum Gasteiger partial charge on any atom is 0.235 e. The lowest BCUT2D eigenvalue weighted by atomic mass is 9.82. The van der Waals surface area contributed by atoms with Crippen LogP contribution in [0.4, 0.5) is 4.39 Å². The Kier molecular flexibility index (Phi) is 5.11. The zero-order valence-electron chi connectivity index (χ0n) is 16.9. The molecule has 0 saturated heterocycles. The van der Waals surface area contributed by atoms with E-state index in [1.54, 1.807) is 30.5 Å². The van der Waals surface area contributed by atoms with Crippen LogP contribution in [0.3, 0.4) is 0 Å². The van der Waals surface area contributed by atoms with Crippen molar-refractivity contribution >= 4 is 17.1 Å². The summed E-state index contributed by atoms with van der Waals surface area (Å²) in [4.78, 5) is 6.17. The Bertz CT molecular complexity index is 1210. The third-order valence-corrected chi connectivity index (χ3v) is 4.96. The summed E-state index contributed by atoms with van der Waals surface area (Å²) in [6.45, 7) is 0. The Labute approximate surface area is 174 Å². The van der Waals surface area contributed by atoms with Crippen LogP contribution in [-0.2, 0) is 0 Å². The van der Waals surface area contributed by atoms with E-state index in [9.17, 15) is 9.65 Å². The van der Waals surface area contributed by atoms with Crippen LogP contribution in [0.5, 0.6) is 11.5 Å². The molecular weight excluding hydrogens is 381 g/mol. The van der Waals surface area contributed by atoms with Gasteiger partial charge in [0.25, 0.3) is 0 Å². The van der Waals surface area contributed by atoms with E-state index in [0.29, 0.717) is 17.1 Å². The van der Waals surface area contributed by atoms with E-state index in [2.05, 4.69) is 11.1 Å². The Morgan fingerprint density at radius 1 is 1.13 bits per heavy atom. The van der Waals surface area contributed by atoms with Crippen molar-refractivity contribution in [3.8, 4) is 17.6 Å². The maximum absolute atomic E-state index is 13.6. The summed E-state index contributed by atoms with van der Waals surface area (Å²) in [6, 6.07) is 18.0. The van der Waals surface area contributed by atoms with Crippen LogP contribution >= 0.6 is 0 Å². The van der Waals surface area contributed by atoms with Crippen molar-refractivity contribution in [2.45, 2.75) is 5.92 Å². The second-order valence-corrected chi connectivity index (χ2v) is 7.17. The molecule has 6 heteroatoms. The van der Waals surface area contributed by atoms with Crippen LogP contribution in [0.1, 0.15) is 17.0 Å². The van der Waals surface area contributed by atoms with Crippen molar-refractivity contribution in [2.24, 2.45) is 4.99 Å². The molecule has 0 fully saturated rings. The molecule has 1 heterocycles. The van der Waals surface area contributed by atoms with Crippen LogP contribution in [0.2, 0.25) is 0 Å². The van der Waals surface area contributed by atoms with E-state index in [-0.39, 0.29) is 11.7 Å². The number of rotatable bonds is 4. The molecule has 3 aromatic rings. The van der Waals surface area contributed by atoms with Crippen molar-refractivity contribution in [1.82, 2.24) is 4.90 Å². The lowest BCUT2D eigenvalue weighted by molar-refractivity contribution is 0.393. The van der Waals surface area contributed by atoms with Gasteiger partial charge in [-0.15, -0.1) is 0 Å². The molecule has 0 saturated carbocycles. The number of fused-ring (bicyclic) bond motifs is 3. The SMILES string of the molecule is COc1cc2c(c3ccccc13)OC(/N=C/N(C)C)=C(C#N)[C@H]2c1ccc(F)cc1. The zero-order valence-corrected chi connectivity index (χ0v) is 16.9. The van der Waals surface area contributed by atoms with Crippen LogP contribution in [0.15, 0.2) is 71.0 Å². The summed E-state index contributed by atoms with van der Waals surface area (Å²) in [5.41, 5.74) is 1.90. The van der Waals surface area contributed by atoms with Crippen molar-refractivity contribution in [3.63, 3.8) is 0 Å². The summed E-state index contributed by atoms with van der Waals surface area (Å²) >= 11 is 0. The third-order valence-electron chi connectivity index (χ3n) is 4.96. The van der Waals surface area contributed by atoms with Gasteiger partial charge in [-0.2, -0.15) is 5.26 Å². The molecule has 0 N–H and O–H groups in total. The smallest absolute Gasteiger partial charge is 0.235 e. The molecule has 3 aromatic carbocycles. The quantitative estimate of drug-likeness (QED) is 0.464. The molecule has 30 heavy (non-hydrogen) atoms. The topological polar surface area (TPSA) is 57.9 Å². The number of methoxy groups -OCH3 is 1. The van der Waals surface area contributed by atoms with Gasteiger partial charge in [0.05, 0.1) is 19.4 Å². The van der Waals surface area contributed by atoms with Crippen molar-refractivity contribution < 1.29 is 13.9 Å². The first-order chi connectivity index (χ1) is 14.5. The van der Waals surface area contributed by atoms with Crippen LogP contribution in [-0.4, -0.2) is 32.4 Å². The van der Waals surface area contributed by atoms with Gasteiger partial charge < -0.3 is 14.4 Å². The number of halogens is 1. The van der Waals surface area contributed by atoms with Gasteiger partial charge in [0, 0.05) is 30.4 Å². The summed E-state index contributed by atoms with van der Waals surface area (Å²) in [6.07, 6.45) is 1.59. The second kappa shape index (κ2) is 7.88. The van der Waals surface area contributed by atoms with E-state index in [4.69, 9.17) is 9.47 Å². The number of allylic oxidation sites excluding steroid dienone is 1. The normalized spacial score (nSPS) is 15.6. The molecule has 0 bridgehead atoms. The molecule has 5 nitrogen and oxygen atoms in total. The predicted octanol–water partition coefficient (Wildman–Crippen LogP) is 4.84. The fourth-order valence-corrected chi connectivity index (χ4v) is 3.64. The van der Waals surface area contributed by atoms with Gasteiger partial charge in [-0.1, -0.05) is 36.4 Å². The molecule has 1 atom stereocenters. The Balaban J connectivity index is 2.04. The summed E-state index contributed by atoms with van der Waals surface area (Å²) in [5, 5.41) is 11.7. The number of hydrogen-bond donors (Lipinski definition) is 0. The number of benzene rings is 3. The molecule has 150 valence electrons. The van der Waals surface area contributed by atoms with E-state index < -0.39 is 5.92 Å². The van der Waals surface area contributed by atoms with Gasteiger partial charge in [0.15, 0.2) is 0 Å². The summed E-state index contributed by atoms with van der Waals surface area (Å²) in [7, 11) is 5.29. The third kappa shape index (κ3) is 3.35. The first-order valence-electron chi connectivity index (χ1n) is 9.41. The number of nitrogens with zero attached hydrogens (tertiary/aromatic N) is 3. The number of hydrogen-bond acceptors (Lipinski definition) is 4. The van der Waals surface area contributed by atoms with Gasteiger partial charge in [-0.25, -0.2) is 9.38 Å². The summed E-state index contributed by atoms with van der Waals surface area (Å²) in [5.74, 6) is 0.717. The molecule has 4 rings (SSSR count). The first-order valence-corrected chi connectivity index (χ1v) is 9.41. The minimum absolute atomic E-state index is 0.225. The highest BCUT2D eigenvalue weighted by Crippen LogP contribution is 2.48. The van der Waals surface area contributed by atoms with Crippen LogP contribution in [0.25, 0.3) is 10.8 Å². The Morgan fingerprint density at radius 3 is 2.47 bits per heavy atom. The average Bonchev–Trinajstić information content (AvgIpc) is 2.76. The average molecular weight is 401 g/mol. The highest BCUT2D eigenvalue weighted by molar-refractivity contribution is 5.95. The van der Waals surface area contributed by atoms with Gasteiger partial charge in [0.2, 0.25) is 5.88 Å². The molecule has 0 aliphatic carbocycles. The number of aliphatic imine (C=N–C) groups is 1. The van der Waals surface area contributed by atoms with E-state index in [0.717, 1.165) is 21.9 Å². The predicted molar refractivity (Wildman–Crippen MR) is 114 cm³/mol. The molecule has 0 aromatic heterocycles. The van der Waals surface area contributed by atoms with Gasteiger partial charge >= 0.3 is 0 Å². The lowest BCUT2D eigenvalue weighted by Crippen LogP contribution is -2.17. The van der Waals surface area contributed by atoms with Gasteiger partial charge in [-0.3, -0.25) is 0 Å². The van der Waals surface area contributed by atoms with E-state index in [1.165, 1.54) is 12.1 Å². The van der Waals surface area contributed by atoms with Crippen molar-refractivity contribution in [3.05, 3.63) is 83.0 Å². The van der Waals surface area contributed by atoms with Crippen LogP contribution < -0.4 is 9.47 Å². The maximum atomic E-state index is 13.6. The molecule has 1 aliphatic rings. The monoisotopic (exact) mass is 401 g/mol. The molecule has 0 amide bonds. The summed E-state index contributed by atoms with van der Waals surface area (Å²) < 4.78 is 25.4. The molecular formula is C24H20FN3O2. The van der Waals surface area contributed by atoms with Crippen LogP contribution in [0, 0.1) is 17.1 Å². The molecule has 0 unspecified atom stereocenters. The van der Waals surface area contributed by atoms with Crippen molar-refractivity contribution in [1.29, 1.82) is 5.26 Å². The lowest BCUT2D eigenvalue weighted by Gasteiger charge is -2.28. The van der Waals surface area contributed by atoms with E-state index in [1.807, 2.05) is 44.4 Å². The minimum Gasteiger partial charge on any atom is -0.496 e. The highest BCUT2D eigenvalue weighted by Gasteiger charge is 2.33. The number of ether oxygens (including phenoxy) is 2. The fraction of sp³-hybridized carbons (Fsp3) is 0.167. The molecule has 0 spiro atoms. The zero-order chi connectivity index (χ0) is 21.3. The first kappa shape index (κ1) is 19.5. The second-order valence-electron chi connectivity index (χ2n) is 7.17. The fourth-order valence-electron chi connectivity index (χ4n) is 3.64. The van der Waals surface area contributed by atoms with Gasteiger partial charge in [-0.05, 0) is 23.8 Å². The Hall–Kier alpha value is -3.85. The van der Waals surface area contributed by atoms with Gasteiger partial charge in [0.1, 0.15) is 29.0 Å². The molecule has 1 aliphatic heterocycles. The number of nitriles is 1. The molecule has 0 radical (unpaired) electrons.